The summed E-state index contributed by atoms with van der Waals surface area (Å²) >= 11 is 7.89. The van der Waals surface area contributed by atoms with Crippen molar-refractivity contribution in [3.8, 4) is 0 Å². The van der Waals surface area contributed by atoms with Crippen LogP contribution in [0.25, 0.3) is 0 Å². The highest BCUT2D eigenvalue weighted by Gasteiger charge is 1.95. The van der Waals surface area contributed by atoms with Crippen molar-refractivity contribution in [2.24, 2.45) is 0 Å². The quantitative estimate of drug-likeness (QED) is 0.587. The lowest BCUT2D eigenvalue weighted by atomic mass is 10.3. The highest BCUT2D eigenvalue weighted by atomic mass is 35.5. The summed E-state index contributed by atoms with van der Waals surface area (Å²) in [7, 11) is 0. The van der Waals surface area contributed by atoms with Crippen molar-refractivity contribution < 1.29 is 0 Å². The molecule has 0 saturated heterocycles. The summed E-state index contributed by atoms with van der Waals surface area (Å²) in [4.78, 5) is 0. The second-order valence-electron chi connectivity index (χ2n) is 2.93. The summed E-state index contributed by atoms with van der Waals surface area (Å²) in [5.74, 6) is 1.22. The number of thioether (sulfide) groups is 1. The Morgan fingerprint density at radius 2 is 2.15 bits per heavy atom. The fourth-order valence-corrected chi connectivity index (χ4v) is 1.87. The molecule has 1 unspecified atom stereocenters. The van der Waals surface area contributed by atoms with Gasteiger partial charge >= 0.3 is 0 Å². The Morgan fingerprint density at radius 1 is 1.46 bits per heavy atom. The van der Waals surface area contributed by atoms with Gasteiger partial charge in [-0.3, -0.25) is 0 Å². The highest BCUT2D eigenvalue weighted by Crippen LogP contribution is 2.14. The number of hydrogen-bond donors (Lipinski definition) is 0. The zero-order chi connectivity index (χ0) is 10.1. The van der Waals surface area contributed by atoms with Crippen molar-refractivity contribution in [1.29, 1.82) is 0 Å². The number of halogens is 1. The normalized spacial score (nSPS) is 15.2. The second kappa shape index (κ2) is 8.71. The number of rotatable bonds is 6. The maximum absolute atomic E-state index is 5.92. The van der Waals surface area contributed by atoms with Crippen LogP contribution < -0.4 is 0 Å². The minimum atomic E-state index is 0.568. The molecule has 0 aromatic rings. The van der Waals surface area contributed by atoms with E-state index in [2.05, 4.69) is 26.8 Å². The summed E-state index contributed by atoms with van der Waals surface area (Å²) in [5, 5.41) is 1.42. The Morgan fingerprint density at radius 3 is 2.69 bits per heavy atom. The molecule has 1 atom stereocenters. The molecule has 0 N–H and O–H groups in total. The van der Waals surface area contributed by atoms with Crippen LogP contribution in [0.5, 0.6) is 0 Å². The lowest BCUT2D eigenvalue weighted by Gasteiger charge is -2.03. The third kappa shape index (κ3) is 8.45. The van der Waals surface area contributed by atoms with Crippen molar-refractivity contribution in [1.82, 2.24) is 0 Å². The smallest absolute Gasteiger partial charge is 0.0363 e. The predicted octanol–water partition coefficient (Wildman–Crippen LogP) is 4.61. The van der Waals surface area contributed by atoms with Gasteiger partial charge in [0.1, 0.15) is 0 Å². The topological polar surface area (TPSA) is 0 Å². The molecule has 0 aliphatic heterocycles. The average Bonchev–Trinajstić information content (AvgIpc) is 2.12. The average molecular weight is 219 g/mol. The van der Waals surface area contributed by atoms with E-state index >= 15 is 0 Å². The summed E-state index contributed by atoms with van der Waals surface area (Å²) < 4.78 is 0. The largest absolute Gasteiger partial charge is 0.155 e. The van der Waals surface area contributed by atoms with Crippen LogP contribution in [0.1, 0.15) is 33.6 Å². The number of allylic oxidation sites excluding steroid dienone is 3. The van der Waals surface area contributed by atoms with Gasteiger partial charge in [0.15, 0.2) is 0 Å². The third-order valence-electron chi connectivity index (χ3n) is 1.51. The lowest BCUT2D eigenvalue weighted by Crippen LogP contribution is -1.91. The van der Waals surface area contributed by atoms with Gasteiger partial charge in [0.2, 0.25) is 0 Å². The minimum Gasteiger partial charge on any atom is -0.155 e. The van der Waals surface area contributed by atoms with E-state index < -0.39 is 0 Å². The van der Waals surface area contributed by atoms with E-state index in [0.717, 1.165) is 11.5 Å². The van der Waals surface area contributed by atoms with Crippen LogP contribution >= 0.6 is 23.4 Å². The Labute approximate surface area is 91.4 Å². The summed E-state index contributed by atoms with van der Waals surface area (Å²) in [6, 6.07) is 0. The molecule has 0 heterocycles. The predicted molar refractivity (Wildman–Crippen MR) is 65.6 cm³/mol. The SMILES string of the molecule is CCC=C(Cl)C=CC(C)SCCC. The van der Waals surface area contributed by atoms with Gasteiger partial charge in [0.05, 0.1) is 0 Å². The van der Waals surface area contributed by atoms with Crippen LogP contribution in [0.15, 0.2) is 23.3 Å². The molecule has 0 aliphatic carbocycles. The molecular weight excluding hydrogens is 200 g/mol. The van der Waals surface area contributed by atoms with E-state index in [4.69, 9.17) is 11.6 Å². The fraction of sp³-hybridized carbons (Fsp3) is 0.636. The zero-order valence-corrected chi connectivity index (χ0v) is 10.3. The monoisotopic (exact) mass is 218 g/mol. The summed E-state index contributed by atoms with van der Waals surface area (Å²) in [6.45, 7) is 6.49. The standard InChI is InChI=1S/C11H19ClS/c1-4-6-11(12)8-7-10(3)13-9-5-2/h6-8,10H,4-5,9H2,1-3H3. The van der Waals surface area contributed by atoms with Crippen molar-refractivity contribution in [2.45, 2.75) is 38.9 Å². The minimum absolute atomic E-state index is 0.568. The van der Waals surface area contributed by atoms with Gasteiger partial charge in [-0.15, -0.1) is 0 Å². The molecule has 0 aromatic heterocycles. The molecule has 0 amide bonds. The Balaban J connectivity index is 3.75. The zero-order valence-electron chi connectivity index (χ0n) is 8.72. The van der Waals surface area contributed by atoms with E-state index in [-0.39, 0.29) is 0 Å². The second-order valence-corrected chi connectivity index (χ2v) is 4.85. The first-order valence-corrected chi connectivity index (χ1v) is 6.28. The van der Waals surface area contributed by atoms with Gasteiger partial charge in [0, 0.05) is 10.3 Å². The van der Waals surface area contributed by atoms with Crippen LogP contribution in [0.2, 0.25) is 0 Å². The first kappa shape index (κ1) is 13.1. The van der Waals surface area contributed by atoms with Crippen LogP contribution in [0.3, 0.4) is 0 Å². The molecule has 13 heavy (non-hydrogen) atoms. The molecule has 0 fully saturated rings. The van der Waals surface area contributed by atoms with E-state index in [1.54, 1.807) is 0 Å². The Bertz CT molecular complexity index is 173. The first-order valence-electron chi connectivity index (χ1n) is 4.86. The van der Waals surface area contributed by atoms with Crippen molar-refractivity contribution >= 4 is 23.4 Å². The number of hydrogen-bond acceptors (Lipinski definition) is 1. The molecule has 76 valence electrons. The Hall–Kier alpha value is 0.120. The molecule has 0 spiro atoms. The van der Waals surface area contributed by atoms with Crippen LogP contribution in [0.4, 0.5) is 0 Å². The summed E-state index contributed by atoms with van der Waals surface area (Å²) in [5.41, 5.74) is 0. The lowest BCUT2D eigenvalue weighted by molar-refractivity contribution is 1.09. The van der Waals surface area contributed by atoms with Crippen molar-refractivity contribution in [3.63, 3.8) is 0 Å². The third-order valence-corrected chi connectivity index (χ3v) is 3.12. The maximum Gasteiger partial charge on any atom is 0.0363 e. The van der Waals surface area contributed by atoms with Crippen LogP contribution in [-0.4, -0.2) is 11.0 Å². The molecule has 2 heteroatoms. The molecule has 0 nitrogen and oxygen atoms in total. The molecule has 0 rings (SSSR count). The van der Waals surface area contributed by atoms with E-state index in [1.165, 1.54) is 12.2 Å². The van der Waals surface area contributed by atoms with Gasteiger partial charge in [-0.2, -0.15) is 11.8 Å². The summed E-state index contributed by atoms with van der Waals surface area (Å²) in [6.07, 6.45) is 8.42. The fourth-order valence-electron chi connectivity index (χ4n) is 0.850. The van der Waals surface area contributed by atoms with Crippen LogP contribution in [0, 0.1) is 0 Å². The van der Waals surface area contributed by atoms with Crippen molar-refractivity contribution in [2.75, 3.05) is 5.75 Å². The van der Waals surface area contributed by atoms with E-state index in [9.17, 15) is 0 Å². The van der Waals surface area contributed by atoms with Gasteiger partial charge in [-0.25, -0.2) is 0 Å². The highest BCUT2D eigenvalue weighted by molar-refractivity contribution is 8.00. The molecule has 0 aliphatic rings. The molecule has 0 saturated carbocycles. The van der Waals surface area contributed by atoms with Crippen LogP contribution in [-0.2, 0) is 0 Å². The first-order chi connectivity index (χ1) is 6.20. The molecule has 0 bridgehead atoms. The van der Waals surface area contributed by atoms with Crippen molar-refractivity contribution in [3.05, 3.63) is 23.3 Å². The van der Waals surface area contributed by atoms with E-state index in [1.807, 2.05) is 23.9 Å². The van der Waals surface area contributed by atoms with Gasteiger partial charge in [-0.1, -0.05) is 37.6 Å². The molecule has 0 aromatic carbocycles. The van der Waals surface area contributed by atoms with Gasteiger partial charge in [-0.05, 0) is 31.6 Å². The Kier molecular flexibility index (Phi) is 8.79. The van der Waals surface area contributed by atoms with Gasteiger partial charge in [0.25, 0.3) is 0 Å². The molecular formula is C11H19ClS. The van der Waals surface area contributed by atoms with Gasteiger partial charge < -0.3 is 0 Å². The van der Waals surface area contributed by atoms with E-state index in [0.29, 0.717) is 5.25 Å². The molecule has 0 radical (unpaired) electrons. The maximum atomic E-state index is 5.92.